The lowest BCUT2D eigenvalue weighted by Gasteiger charge is -2.09. The average molecular weight is 278 g/mol. The van der Waals surface area contributed by atoms with Crippen LogP contribution in [0.25, 0.3) is 10.9 Å². The largest absolute Gasteiger partial charge is 0.462 e. The van der Waals surface area contributed by atoms with Crippen molar-refractivity contribution in [2.75, 3.05) is 18.7 Å². The molecule has 1 heterocycles. The number of carbonyl (C=O) groups excluding carboxylic acids is 1. The molecule has 0 bridgehead atoms. The monoisotopic (exact) mass is 278 g/mol. The fourth-order valence-corrected chi connectivity index (χ4v) is 2.26. The van der Waals surface area contributed by atoms with E-state index >= 15 is 0 Å². The molecule has 100 valence electrons. The molecule has 5 nitrogen and oxygen atoms in total. The van der Waals surface area contributed by atoms with Gasteiger partial charge in [0.05, 0.1) is 12.1 Å². The van der Waals surface area contributed by atoms with Crippen molar-refractivity contribution in [2.45, 2.75) is 11.8 Å². The molecule has 1 aromatic heterocycles. The summed E-state index contributed by atoms with van der Waals surface area (Å²) in [6, 6.07) is 5.37. The maximum atomic E-state index is 12.3. The predicted octanol–water partition coefficient (Wildman–Crippen LogP) is 1.61. The van der Waals surface area contributed by atoms with E-state index in [4.69, 9.17) is 10.6 Å². The standard InChI is InChI=1S/C13H14N2O3S/c1-3-18-13(17)10-7-15(14)11-5-4-8(19-2)6-9(11)12(10)16/h4-7H,3,14H2,1-2H3. The van der Waals surface area contributed by atoms with Crippen molar-refractivity contribution < 1.29 is 9.53 Å². The first-order valence-corrected chi connectivity index (χ1v) is 6.96. The maximum absolute atomic E-state index is 12.3. The van der Waals surface area contributed by atoms with Crippen LogP contribution in [0.3, 0.4) is 0 Å². The van der Waals surface area contributed by atoms with Crippen LogP contribution in [0.1, 0.15) is 17.3 Å². The van der Waals surface area contributed by atoms with E-state index in [0.717, 1.165) is 4.90 Å². The molecule has 1 aromatic carbocycles. The summed E-state index contributed by atoms with van der Waals surface area (Å²) in [5.74, 6) is 5.16. The van der Waals surface area contributed by atoms with Gasteiger partial charge in [-0.3, -0.25) is 9.47 Å². The van der Waals surface area contributed by atoms with Crippen molar-refractivity contribution in [1.82, 2.24) is 4.68 Å². The summed E-state index contributed by atoms with van der Waals surface area (Å²) in [6.45, 7) is 1.90. The van der Waals surface area contributed by atoms with Crippen LogP contribution in [0.15, 0.2) is 34.1 Å². The van der Waals surface area contributed by atoms with Crippen molar-refractivity contribution in [3.05, 3.63) is 40.2 Å². The number of thioether (sulfide) groups is 1. The van der Waals surface area contributed by atoms with Crippen molar-refractivity contribution >= 4 is 28.6 Å². The molecule has 0 amide bonds. The molecule has 0 aliphatic rings. The van der Waals surface area contributed by atoms with Crippen LogP contribution in [-0.2, 0) is 4.74 Å². The van der Waals surface area contributed by atoms with Gasteiger partial charge in [0.1, 0.15) is 5.56 Å². The van der Waals surface area contributed by atoms with Gasteiger partial charge in [0, 0.05) is 16.5 Å². The van der Waals surface area contributed by atoms with Gasteiger partial charge in [-0.25, -0.2) is 4.79 Å². The first-order chi connectivity index (χ1) is 9.08. The number of aromatic nitrogens is 1. The number of ether oxygens (including phenoxy) is 1. The molecular formula is C13H14N2O3S. The van der Waals surface area contributed by atoms with Crippen LogP contribution in [0.4, 0.5) is 0 Å². The SMILES string of the molecule is CCOC(=O)c1cn(N)c2ccc(SC)cc2c1=O. The van der Waals surface area contributed by atoms with Crippen molar-refractivity contribution in [1.29, 1.82) is 0 Å². The lowest BCUT2D eigenvalue weighted by Crippen LogP contribution is -2.23. The highest BCUT2D eigenvalue weighted by atomic mass is 32.2. The number of hydrogen-bond acceptors (Lipinski definition) is 5. The number of pyridine rings is 1. The molecule has 6 heteroatoms. The van der Waals surface area contributed by atoms with Crippen LogP contribution in [0.2, 0.25) is 0 Å². The van der Waals surface area contributed by atoms with E-state index in [1.165, 1.54) is 22.6 Å². The van der Waals surface area contributed by atoms with E-state index in [-0.39, 0.29) is 17.6 Å². The zero-order valence-electron chi connectivity index (χ0n) is 10.7. The lowest BCUT2D eigenvalue weighted by atomic mass is 10.1. The highest BCUT2D eigenvalue weighted by Gasteiger charge is 2.15. The zero-order valence-corrected chi connectivity index (χ0v) is 11.5. The summed E-state index contributed by atoms with van der Waals surface area (Å²) in [4.78, 5) is 24.9. The third-order valence-electron chi connectivity index (χ3n) is 2.73. The van der Waals surface area contributed by atoms with Gasteiger partial charge in [0.25, 0.3) is 0 Å². The van der Waals surface area contributed by atoms with E-state index in [1.807, 2.05) is 12.3 Å². The Morgan fingerprint density at radius 3 is 2.84 bits per heavy atom. The fraction of sp³-hybridized carbons (Fsp3) is 0.231. The first kappa shape index (κ1) is 13.5. The second kappa shape index (κ2) is 5.36. The van der Waals surface area contributed by atoms with E-state index < -0.39 is 5.97 Å². The van der Waals surface area contributed by atoms with Gasteiger partial charge in [0.2, 0.25) is 5.43 Å². The van der Waals surface area contributed by atoms with Crippen LogP contribution in [-0.4, -0.2) is 23.5 Å². The van der Waals surface area contributed by atoms with E-state index in [0.29, 0.717) is 10.9 Å². The van der Waals surface area contributed by atoms with Gasteiger partial charge < -0.3 is 10.6 Å². The number of hydrogen-bond donors (Lipinski definition) is 1. The highest BCUT2D eigenvalue weighted by Crippen LogP contribution is 2.19. The number of nitrogens with two attached hydrogens (primary N) is 1. The molecule has 19 heavy (non-hydrogen) atoms. The summed E-state index contributed by atoms with van der Waals surface area (Å²) in [5.41, 5.74) is 0.178. The summed E-state index contributed by atoms with van der Waals surface area (Å²) in [6.07, 6.45) is 3.22. The number of fused-ring (bicyclic) bond motifs is 1. The summed E-state index contributed by atoms with van der Waals surface area (Å²) in [7, 11) is 0. The average Bonchev–Trinajstić information content (AvgIpc) is 2.42. The Morgan fingerprint density at radius 2 is 2.21 bits per heavy atom. The predicted molar refractivity (Wildman–Crippen MR) is 76.1 cm³/mol. The number of esters is 1. The number of nitrogen functional groups attached to an aromatic ring is 1. The molecule has 2 N–H and O–H groups in total. The Kier molecular flexibility index (Phi) is 3.80. The van der Waals surface area contributed by atoms with E-state index in [2.05, 4.69) is 0 Å². The third-order valence-corrected chi connectivity index (χ3v) is 3.46. The number of rotatable bonds is 3. The van der Waals surface area contributed by atoms with Gasteiger partial charge in [-0.05, 0) is 31.4 Å². The molecule has 0 saturated heterocycles. The molecular weight excluding hydrogens is 264 g/mol. The Labute approximate surface area is 114 Å². The lowest BCUT2D eigenvalue weighted by molar-refractivity contribution is 0.0524. The topological polar surface area (TPSA) is 74.3 Å². The molecule has 0 spiro atoms. The summed E-state index contributed by atoms with van der Waals surface area (Å²) in [5, 5.41) is 0.417. The van der Waals surface area contributed by atoms with Crippen molar-refractivity contribution in [3.63, 3.8) is 0 Å². The number of carbonyl (C=O) groups is 1. The second-order valence-electron chi connectivity index (χ2n) is 3.88. The molecule has 0 aliphatic heterocycles. The summed E-state index contributed by atoms with van der Waals surface area (Å²) >= 11 is 1.52. The molecule has 0 fully saturated rings. The smallest absolute Gasteiger partial charge is 0.343 e. The number of nitrogens with zero attached hydrogens (tertiary/aromatic N) is 1. The van der Waals surface area contributed by atoms with Gasteiger partial charge in [-0.1, -0.05) is 0 Å². The normalized spacial score (nSPS) is 10.6. The minimum atomic E-state index is -0.650. The molecule has 0 atom stereocenters. The zero-order chi connectivity index (χ0) is 14.0. The molecule has 0 saturated carbocycles. The minimum absolute atomic E-state index is 0.0462. The second-order valence-corrected chi connectivity index (χ2v) is 4.76. The van der Waals surface area contributed by atoms with Crippen molar-refractivity contribution in [3.8, 4) is 0 Å². The molecule has 0 aliphatic carbocycles. The fourth-order valence-electron chi connectivity index (χ4n) is 1.82. The molecule has 0 radical (unpaired) electrons. The Balaban J connectivity index is 2.72. The minimum Gasteiger partial charge on any atom is -0.462 e. The van der Waals surface area contributed by atoms with Gasteiger partial charge in [-0.2, -0.15) is 0 Å². The summed E-state index contributed by atoms with van der Waals surface area (Å²) < 4.78 is 6.13. The van der Waals surface area contributed by atoms with Gasteiger partial charge in [0.15, 0.2) is 0 Å². The van der Waals surface area contributed by atoms with Crippen molar-refractivity contribution in [2.24, 2.45) is 0 Å². The highest BCUT2D eigenvalue weighted by molar-refractivity contribution is 7.98. The quantitative estimate of drug-likeness (QED) is 0.524. The van der Waals surface area contributed by atoms with E-state index in [9.17, 15) is 9.59 Å². The first-order valence-electron chi connectivity index (χ1n) is 5.74. The Morgan fingerprint density at radius 1 is 1.47 bits per heavy atom. The molecule has 0 unspecified atom stereocenters. The Hall–Kier alpha value is -1.95. The van der Waals surface area contributed by atoms with Crippen LogP contribution in [0.5, 0.6) is 0 Å². The maximum Gasteiger partial charge on any atom is 0.343 e. The van der Waals surface area contributed by atoms with E-state index in [1.54, 1.807) is 19.1 Å². The third kappa shape index (κ3) is 2.44. The number of benzene rings is 1. The van der Waals surface area contributed by atoms with Crippen LogP contribution < -0.4 is 11.3 Å². The van der Waals surface area contributed by atoms with Gasteiger partial charge in [-0.15, -0.1) is 11.8 Å². The van der Waals surface area contributed by atoms with Gasteiger partial charge >= 0.3 is 5.97 Å². The molecule has 2 aromatic rings. The molecule has 2 rings (SSSR count). The Bertz CT molecular complexity index is 694. The van der Waals surface area contributed by atoms with Crippen LogP contribution >= 0.6 is 11.8 Å². The van der Waals surface area contributed by atoms with Crippen LogP contribution in [0, 0.1) is 0 Å².